The van der Waals surface area contributed by atoms with Crippen molar-refractivity contribution >= 4 is 30.1 Å². The van der Waals surface area contributed by atoms with Crippen molar-refractivity contribution in [3.05, 3.63) is 0 Å². The Kier molecular flexibility index (Phi) is 2.20. The number of halogens is 3. The molecule has 0 heterocycles. The summed E-state index contributed by atoms with van der Waals surface area (Å²) < 4.78 is 9.56. The third-order valence-corrected chi connectivity index (χ3v) is 0. The summed E-state index contributed by atoms with van der Waals surface area (Å²) in [5.41, 5.74) is 0. The maximum atomic E-state index is 9.56. The molecule has 0 aromatic carbocycles. The molecule has 0 amide bonds. The molecule has 0 radical (unpaired) electrons. The quantitative estimate of drug-likeness (QED) is 0.548. The molecule has 0 aliphatic carbocycles. The van der Waals surface area contributed by atoms with Crippen LogP contribution in [0.5, 0.6) is 0 Å². The first-order chi connectivity index (χ1) is 2.00. The number of hydrogen-bond donors (Lipinski definition) is 0. The van der Waals surface area contributed by atoms with E-state index in [2.05, 4.69) is 30.1 Å². The van der Waals surface area contributed by atoms with Crippen molar-refractivity contribution in [2.24, 2.45) is 0 Å². The van der Waals surface area contributed by atoms with Gasteiger partial charge in [-0.1, -0.05) is 0 Å². The zero-order chi connectivity index (χ0) is 4.50. The van der Waals surface area contributed by atoms with Gasteiger partial charge in [0, 0.05) is 0 Å². The molecule has 5 heavy (non-hydrogen) atoms. The van der Waals surface area contributed by atoms with Gasteiger partial charge in [-0.15, -0.1) is 0 Å². The molecule has 1 nitrogen and oxygen atoms in total. The molecule has 0 aliphatic rings. The Bertz CT molecular complexity index is 53.0. The molecule has 33 valence electrons. The molecule has 0 unspecified atom stereocenters. The summed E-state index contributed by atoms with van der Waals surface area (Å²) in [5.74, 6) is 0. The molecular weight excluding hydrogens is 174 g/mol. The van der Waals surface area contributed by atoms with Crippen molar-refractivity contribution in [2.45, 2.75) is 0 Å². The Morgan fingerprint density at radius 2 is 1.20 bits per heavy atom. The van der Waals surface area contributed by atoms with Crippen molar-refractivity contribution in [3.8, 4) is 0 Å². The molecule has 0 N–H and O–H groups in total. The average molecular weight is 174 g/mol. The third kappa shape index (κ3) is 36.9. The Balaban J connectivity index is 3.47. The van der Waals surface area contributed by atoms with E-state index in [0.29, 0.717) is 0 Å². The fraction of sp³-hybridized carbons (Fsp3) is 0. The van der Waals surface area contributed by atoms with Crippen molar-refractivity contribution in [1.29, 1.82) is 0 Å². The Morgan fingerprint density at radius 1 is 1.20 bits per heavy atom. The molecule has 0 aliphatic heterocycles. The van der Waals surface area contributed by atoms with E-state index in [0.717, 1.165) is 0 Å². The van der Waals surface area contributed by atoms with Crippen molar-refractivity contribution in [1.82, 2.24) is 0 Å². The minimum atomic E-state index is -3.58. The summed E-state index contributed by atoms with van der Waals surface area (Å²) in [7, 11) is 10.4. The van der Waals surface area contributed by atoms with E-state index in [1.54, 1.807) is 0 Å². The molecule has 0 fully saturated rings. The molecule has 0 rings (SSSR count). The van der Waals surface area contributed by atoms with Crippen LogP contribution in [0.4, 0.5) is 0 Å². The summed E-state index contributed by atoms with van der Waals surface area (Å²) in [4.78, 5) is 0. The van der Waals surface area contributed by atoms with Crippen LogP contribution >= 0.6 is 30.1 Å². The van der Waals surface area contributed by atoms with Crippen LogP contribution in [0.1, 0.15) is 0 Å². The Hall–Kier alpha value is 1.20. The van der Waals surface area contributed by atoms with Gasteiger partial charge in [0.1, 0.15) is 0 Å². The van der Waals surface area contributed by atoms with Gasteiger partial charge < -0.3 is 0 Å². The van der Waals surface area contributed by atoms with Gasteiger partial charge in [0.25, 0.3) is 0 Å². The van der Waals surface area contributed by atoms with Gasteiger partial charge in [-0.2, -0.15) is 0 Å². The topological polar surface area (TPSA) is 17.1 Å². The summed E-state index contributed by atoms with van der Waals surface area (Å²) in [6.45, 7) is 0. The first-order valence-corrected chi connectivity index (χ1v) is 6.41. The van der Waals surface area contributed by atoms with Gasteiger partial charge in [0.05, 0.1) is 0 Å². The Labute approximate surface area is 44.3 Å². The van der Waals surface area contributed by atoms with Crippen molar-refractivity contribution < 1.29 is 14.1 Å². The molecule has 0 aromatic heterocycles. The molecular formula is Cl3CrO. The minimum absolute atomic E-state index is 3.58. The first-order valence-electron chi connectivity index (χ1n) is 0.630. The van der Waals surface area contributed by atoms with Crippen LogP contribution in [0.3, 0.4) is 0 Å². The van der Waals surface area contributed by atoms with E-state index in [4.69, 9.17) is 0 Å². The van der Waals surface area contributed by atoms with Crippen LogP contribution in [-0.4, -0.2) is 0 Å². The van der Waals surface area contributed by atoms with E-state index in [9.17, 15) is 3.80 Å². The molecule has 5 heteroatoms. The van der Waals surface area contributed by atoms with E-state index >= 15 is 0 Å². The van der Waals surface area contributed by atoms with Gasteiger partial charge in [-0.3, -0.25) is 0 Å². The van der Waals surface area contributed by atoms with Crippen LogP contribution < -0.4 is 0 Å². The predicted octanol–water partition coefficient (Wildman–Crippen LogP) is 1.95. The maximum absolute atomic E-state index is 9.56. The summed E-state index contributed by atoms with van der Waals surface area (Å²) in [5, 5.41) is 0. The molecule has 0 aromatic rings. The first kappa shape index (κ1) is 6.20. The fourth-order valence-corrected chi connectivity index (χ4v) is 0. The van der Waals surface area contributed by atoms with Crippen LogP contribution in [0.2, 0.25) is 0 Å². The van der Waals surface area contributed by atoms with Gasteiger partial charge in [-0.25, -0.2) is 0 Å². The van der Waals surface area contributed by atoms with Crippen LogP contribution in [0, 0.1) is 0 Å². The Morgan fingerprint density at radius 3 is 1.20 bits per heavy atom. The fourth-order valence-electron chi connectivity index (χ4n) is 0. The monoisotopic (exact) mass is 173 g/mol. The van der Waals surface area contributed by atoms with E-state index in [1.807, 2.05) is 0 Å². The second kappa shape index (κ2) is 1.77. The van der Waals surface area contributed by atoms with Gasteiger partial charge in [0.2, 0.25) is 0 Å². The molecule has 0 spiro atoms. The van der Waals surface area contributed by atoms with E-state index in [-0.39, 0.29) is 0 Å². The van der Waals surface area contributed by atoms with E-state index in [1.165, 1.54) is 0 Å². The zero-order valence-electron chi connectivity index (χ0n) is 1.95. The SMILES string of the molecule is [O]=[Cr]([Cl])([Cl])[Cl]. The second-order valence-corrected chi connectivity index (χ2v) is 8.83. The van der Waals surface area contributed by atoms with Gasteiger partial charge in [0.15, 0.2) is 0 Å². The van der Waals surface area contributed by atoms with Crippen LogP contribution in [0.15, 0.2) is 0 Å². The van der Waals surface area contributed by atoms with Crippen LogP contribution in [0.25, 0.3) is 0 Å². The predicted molar refractivity (Wildman–Crippen MR) is 18.2 cm³/mol. The zero-order valence-corrected chi connectivity index (χ0v) is 5.49. The second-order valence-electron chi connectivity index (χ2n) is 0.364. The number of rotatable bonds is 0. The van der Waals surface area contributed by atoms with Crippen molar-refractivity contribution in [3.63, 3.8) is 0 Å². The molecule has 0 saturated carbocycles. The summed E-state index contributed by atoms with van der Waals surface area (Å²) in [6.07, 6.45) is 0. The third-order valence-electron chi connectivity index (χ3n) is 0. The van der Waals surface area contributed by atoms with Crippen LogP contribution in [-0.2, 0) is 14.1 Å². The normalized spacial score (nSPS) is 11.8. The summed E-state index contributed by atoms with van der Waals surface area (Å²) >= 11 is 0. The van der Waals surface area contributed by atoms with Gasteiger partial charge >= 0.3 is 44.2 Å². The summed E-state index contributed by atoms with van der Waals surface area (Å²) in [6, 6.07) is 0. The average Bonchev–Trinajstić information content (AvgIpc) is 0.722. The van der Waals surface area contributed by atoms with Crippen molar-refractivity contribution in [2.75, 3.05) is 0 Å². The standard InChI is InChI=1S/3ClH.Cr.O/h3*1H;;/q;;;+3;/p-3. The molecule has 0 bridgehead atoms. The number of hydrogen-bond acceptors (Lipinski definition) is 1. The van der Waals surface area contributed by atoms with E-state index < -0.39 is 10.2 Å². The van der Waals surface area contributed by atoms with Gasteiger partial charge in [-0.05, 0) is 0 Å². The molecule has 0 atom stereocenters. The molecule has 0 saturated heterocycles.